The molecule has 0 fully saturated rings. The molecule has 3 rings (SSSR count). The van der Waals surface area contributed by atoms with Crippen molar-refractivity contribution < 1.29 is 19.4 Å². The summed E-state index contributed by atoms with van der Waals surface area (Å²) in [5, 5.41) is 11.8. The zero-order chi connectivity index (χ0) is 19.4. The van der Waals surface area contributed by atoms with E-state index in [1.165, 1.54) is 0 Å². The summed E-state index contributed by atoms with van der Waals surface area (Å²) < 4.78 is 12.8. The third kappa shape index (κ3) is 4.65. The van der Waals surface area contributed by atoms with E-state index in [0.717, 1.165) is 21.9 Å². The van der Waals surface area contributed by atoms with E-state index in [2.05, 4.69) is 0 Å². The van der Waals surface area contributed by atoms with Gasteiger partial charge in [-0.15, -0.1) is 0 Å². The van der Waals surface area contributed by atoms with Gasteiger partial charge in [-0.3, -0.25) is 9.36 Å². The molecule has 0 aliphatic rings. The van der Waals surface area contributed by atoms with E-state index in [4.69, 9.17) is 0 Å². The summed E-state index contributed by atoms with van der Waals surface area (Å²) >= 11 is 0. The van der Waals surface area contributed by atoms with Crippen molar-refractivity contribution in [3.63, 3.8) is 0 Å². The van der Waals surface area contributed by atoms with Crippen LogP contribution in [0, 0.1) is 5.92 Å². The third-order valence-electron chi connectivity index (χ3n) is 4.99. The summed E-state index contributed by atoms with van der Waals surface area (Å²) in [7, 11) is -3.64. The van der Waals surface area contributed by atoms with Gasteiger partial charge in [-0.1, -0.05) is 79.7 Å². The van der Waals surface area contributed by atoms with Crippen LogP contribution in [0.4, 0.5) is 0 Å². The second-order valence-corrected chi connectivity index (χ2v) is 9.35. The Morgan fingerprint density at radius 2 is 1.59 bits per heavy atom. The SMILES string of the molecule is CC(c1cccc2ccccc12)C(CP(=O)(O)Cc1ccccc1)C(=O)O. The highest BCUT2D eigenvalue weighted by atomic mass is 31.2. The Bertz CT molecular complexity index is 979. The summed E-state index contributed by atoms with van der Waals surface area (Å²) in [4.78, 5) is 22.4. The molecule has 0 aliphatic carbocycles. The standard InChI is InChI=1S/C22H23O4P/c1-16(19-13-7-11-18-10-5-6-12-20(18)19)21(22(23)24)15-27(25,26)14-17-8-3-2-4-9-17/h2-13,16,21H,14-15H2,1H3,(H,23,24)(H,25,26). The van der Waals surface area contributed by atoms with Crippen molar-refractivity contribution in [2.24, 2.45) is 5.92 Å². The highest BCUT2D eigenvalue weighted by Crippen LogP contribution is 2.48. The van der Waals surface area contributed by atoms with Gasteiger partial charge in [0.2, 0.25) is 7.37 Å². The van der Waals surface area contributed by atoms with Gasteiger partial charge in [0.05, 0.1) is 5.92 Å². The topological polar surface area (TPSA) is 74.6 Å². The Hall–Kier alpha value is -2.42. The van der Waals surface area contributed by atoms with Gasteiger partial charge >= 0.3 is 5.97 Å². The first-order chi connectivity index (χ1) is 12.9. The quantitative estimate of drug-likeness (QED) is 0.557. The van der Waals surface area contributed by atoms with E-state index in [0.29, 0.717) is 0 Å². The van der Waals surface area contributed by atoms with Gasteiger partial charge in [0.25, 0.3) is 0 Å². The maximum atomic E-state index is 12.8. The largest absolute Gasteiger partial charge is 0.481 e. The zero-order valence-corrected chi connectivity index (χ0v) is 16.0. The summed E-state index contributed by atoms with van der Waals surface area (Å²) in [6, 6.07) is 22.6. The van der Waals surface area contributed by atoms with E-state index in [1.807, 2.05) is 67.6 Å². The van der Waals surface area contributed by atoms with E-state index < -0.39 is 19.3 Å². The molecule has 27 heavy (non-hydrogen) atoms. The monoisotopic (exact) mass is 382 g/mol. The minimum atomic E-state index is -3.64. The Balaban J connectivity index is 1.88. The molecule has 3 aromatic carbocycles. The first-order valence-corrected chi connectivity index (χ1v) is 11.0. The van der Waals surface area contributed by atoms with Crippen molar-refractivity contribution in [2.75, 3.05) is 6.16 Å². The van der Waals surface area contributed by atoms with Crippen LogP contribution in [0.25, 0.3) is 10.8 Å². The molecule has 0 heterocycles. The number of carbonyl (C=O) groups is 1. The van der Waals surface area contributed by atoms with Crippen molar-refractivity contribution in [1.82, 2.24) is 0 Å². The van der Waals surface area contributed by atoms with Crippen molar-refractivity contribution >= 4 is 24.1 Å². The fourth-order valence-electron chi connectivity index (χ4n) is 3.55. The number of hydrogen-bond acceptors (Lipinski definition) is 2. The molecule has 0 saturated carbocycles. The fourth-order valence-corrected chi connectivity index (χ4v) is 5.55. The zero-order valence-electron chi connectivity index (χ0n) is 15.2. The summed E-state index contributed by atoms with van der Waals surface area (Å²) in [5.41, 5.74) is 1.63. The summed E-state index contributed by atoms with van der Waals surface area (Å²) in [6.45, 7) is 1.82. The number of carboxylic acids is 1. The van der Waals surface area contributed by atoms with Crippen LogP contribution >= 0.6 is 7.37 Å². The van der Waals surface area contributed by atoms with Gasteiger partial charge in [0.1, 0.15) is 0 Å². The normalized spacial score (nSPS) is 15.8. The number of carboxylic acid groups (broad SMARTS) is 1. The Labute approximate surface area is 158 Å². The van der Waals surface area contributed by atoms with Crippen LogP contribution in [0.3, 0.4) is 0 Å². The molecular formula is C22H23O4P. The lowest BCUT2D eigenvalue weighted by Crippen LogP contribution is -2.24. The van der Waals surface area contributed by atoms with Crippen molar-refractivity contribution in [2.45, 2.75) is 19.0 Å². The van der Waals surface area contributed by atoms with Crippen LogP contribution in [-0.2, 0) is 15.5 Å². The van der Waals surface area contributed by atoms with E-state index in [9.17, 15) is 19.4 Å². The first kappa shape index (κ1) is 19.3. The number of aliphatic carboxylic acids is 1. The minimum Gasteiger partial charge on any atom is -0.481 e. The number of benzene rings is 3. The summed E-state index contributed by atoms with van der Waals surface area (Å²) in [6.07, 6.45) is -0.262. The maximum absolute atomic E-state index is 12.8. The second kappa shape index (κ2) is 8.08. The number of hydrogen-bond donors (Lipinski definition) is 2. The molecule has 3 atom stereocenters. The molecule has 0 aliphatic heterocycles. The lowest BCUT2D eigenvalue weighted by Gasteiger charge is -2.24. The predicted molar refractivity (Wildman–Crippen MR) is 108 cm³/mol. The number of fused-ring (bicyclic) bond motifs is 1. The van der Waals surface area contributed by atoms with Crippen LogP contribution in [0.5, 0.6) is 0 Å². The van der Waals surface area contributed by atoms with Crippen LogP contribution in [0.2, 0.25) is 0 Å². The Morgan fingerprint density at radius 3 is 2.30 bits per heavy atom. The average Bonchev–Trinajstić information content (AvgIpc) is 2.65. The van der Waals surface area contributed by atoms with E-state index in [-0.39, 0.29) is 18.2 Å². The van der Waals surface area contributed by atoms with Crippen molar-refractivity contribution in [1.29, 1.82) is 0 Å². The summed E-state index contributed by atoms with van der Waals surface area (Å²) in [5.74, 6) is -2.36. The number of rotatable bonds is 7. The maximum Gasteiger partial charge on any atom is 0.307 e. The predicted octanol–water partition coefficient (Wildman–Crippen LogP) is 5.11. The van der Waals surface area contributed by atoms with Crippen LogP contribution in [-0.4, -0.2) is 22.1 Å². The Kier molecular flexibility index (Phi) is 5.79. The van der Waals surface area contributed by atoms with E-state index in [1.54, 1.807) is 12.1 Å². The van der Waals surface area contributed by atoms with E-state index >= 15 is 0 Å². The van der Waals surface area contributed by atoms with Crippen molar-refractivity contribution in [3.05, 3.63) is 83.9 Å². The molecule has 140 valence electrons. The smallest absolute Gasteiger partial charge is 0.307 e. The molecule has 0 radical (unpaired) electrons. The van der Waals surface area contributed by atoms with Crippen molar-refractivity contribution in [3.8, 4) is 0 Å². The van der Waals surface area contributed by atoms with Gasteiger partial charge in [-0.2, -0.15) is 0 Å². The molecule has 2 N–H and O–H groups in total. The molecular weight excluding hydrogens is 359 g/mol. The van der Waals surface area contributed by atoms with Crippen LogP contribution < -0.4 is 0 Å². The van der Waals surface area contributed by atoms with Crippen LogP contribution in [0.15, 0.2) is 72.8 Å². The molecule has 0 bridgehead atoms. The molecule has 0 spiro atoms. The van der Waals surface area contributed by atoms with Gasteiger partial charge in [-0.05, 0) is 27.8 Å². The van der Waals surface area contributed by atoms with Gasteiger partial charge in [0.15, 0.2) is 0 Å². The molecule has 3 unspecified atom stereocenters. The lowest BCUT2D eigenvalue weighted by atomic mass is 9.86. The fraction of sp³-hybridized carbons (Fsp3) is 0.227. The Morgan fingerprint density at radius 1 is 0.963 bits per heavy atom. The average molecular weight is 382 g/mol. The molecule has 0 aromatic heterocycles. The molecule has 4 nitrogen and oxygen atoms in total. The lowest BCUT2D eigenvalue weighted by molar-refractivity contribution is -0.141. The molecule has 5 heteroatoms. The molecule has 0 amide bonds. The second-order valence-electron chi connectivity index (χ2n) is 6.97. The highest BCUT2D eigenvalue weighted by Gasteiger charge is 2.34. The first-order valence-electron chi connectivity index (χ1n) is 8.92. The van der Waals surface area contributed by atoms with Gasteiger partial charge < -0.3 is 10.00 Å². The third-order valence-corrected chi connectivity index (χ3v) is 6.81. The van der Waals surface area contributed by atoms with Gasteiger partial charge in [0, 0.05) is 12.3 Å². The van der Waals surface area contributed by atoms with Gasteiger partial charge in [-0.25, -0.2) is 0 Å². The van der Waals surface area contributed by atoms with Crippen LogP contribution in [0.1, 0.15) is 24.0 Å². The molecule has 0 saturated heterocycles. The minimum absolute atomic E-state index is 0.0140. The molecule has 3 aromatic rings. The highest BCUT2D eigenvalue weighted by molar-refractivity contribution is 7.57.